The van der Waals surface area contributed by atoms with E-state index in [2.05, 4.69) is 5.32 Å². The molecular weight excluding hydrogens is 258 g/mol. The number of hydrogen-bond acceptors (Lipinski definition) is 4. The number of para-hydroxylation sites is 2. The Balaban J connectivity index is 1.77. The van der Waals surface area contributed by atoms with Crippen molar-refractivity contribution in [3.05, 3.63) is 24.3 Å². The number of aliphatic hydroxyl groups is 1. The smallest absolute Gasteiger partial charge is 0.258 e. The maximum absolute atomic E-state index is 11.7. The van der Waals surface area contributed by atoms with E-state index in [0.29, 0.717) is 17.4 Å². The zero-order chi connectivity index (χ0) is 14.6. The van der Waals surface area contributed by atoms with Crippen LogP contribution in [-0.2, 0) is 4.79 Å². The molecule has 1 fully saturated rings. The van der Waals surface area contributed by atoms with Crippen molar-refractivity contribution in [1.82, 2.24) is 5.32 Å². The van der Waals surface area contributed by atoms with Gasteiger partial charge in [0.15, 0.2) is 18.1 Å². The summed E-state index contributed by atoms with van der Waals surface area (Å²) in [5.74, 6) is 1.17. The van der Waals surface area contributed by atoms with Crippen molar-refractivity contribution in [2.24, 2.45) is 5.92 Å². The fourth-order valence-corrected chi connectivity index (χ4v) is 2.06. The zero-order valence-corrected chi connectivity index (χ0v) is 11.9. The lowest BCUT2D eigenvalue weighted by atomic mass is 10.0. The van der Waals surface area contributed by atoms with Gasteiger partial charge in [-0.1, -0.05) is 12.1 Å². The summed E-state index contributed by atoms with van der Waals surface area (Å²) in [6, 6.07) is 7.16. The van der Waals surface area contributed by atoms with Gasteiger partial charge in [0.05, 0.1) is 12.7 Å². The van der Waals surface area contributed by atoms with Crippen molar-refractivity contribution in [3.8, 4) is 11.5 Å². The van der Waals surface area contributed by atoms with E-state index in [1.807, 2.05) is 12.1 Å². The average molecular weight is 279 g/mol. The van der Waals surface area contributed by atoms with E-state index in [0.717, 1.165) is 12.8 Å². The lowest BCUT2D eigenvalue weighted by molar-refractivity contribution is -0.124. The molecule has 5 heteroatoms. The minimum absolute atomic E-state index is 0.0961. The molecule has 1 saturated carbocycles. The summed E-state index contributed by atoms with van der Waals surface area (Å²) in [5, 5.41) is 12.8. The van der Waals surface area contributed by atoms with Gasteiger partial charge in [-0.25, -0.2) is 0 Å². The van der Waals surface area contributed by atoms with Gasteiger partial charge < -0.3 is 19.9 Å². The summed E-state index contributed by atoms with van der Waals surface area (Å²) in [6.45, 7) is 1.92. The van der Waals surface area contributed by atoms with Crippen molar-refractivity contribution in [3.63, 3.8) is 0 Å². The molecule has 5 nitrogen and oxygen atoms in total. The minimum atomic E-state index is -0.819. The lowest BCUT2D eigenvalue weighted by Gasteiger charge is -2.23. The minimum Gasteiger partial charge on any atom is -0.493 e. The molecule has 20 heavy (non-hydrogen) atoms. The lowest BCUT2D eigenvalue weighted by Crippen LogP contribution is -2.43. The summed E-state index contributed by atoms with van der Waals surface area (Å²) in [5.41, 5.74) is -0.819. The van der Waals surface area contributed by atoms with Gasteiger partial charge in [0.25, 0.3) is 5.91 Å². The van der Waals surface area contributed by atoms with Gasteiger partial charge in [-0.3, -0.25) is 4.79 Å². The standard InChI is InChI=1S/C15H21NO4/c1-15(18,11-7-8-11)10-16-14(17)9-20-13-6-4-3-5-12(13)19-2/h3-6,11,18H,7-10H2,1-2H3,(H,16,17)/t15-/m0/s1. The molecule has 110 valence electrons. The summed E-state index contributed by atoms with van der Waals surface area (Å²) >= 11 is 0. The maximum atomic E-state index is 11.7. The van der Waals surface area contributed by atoms with Crippen LogP contribution in [-0.4, -0.2) is 36.9 Å². The molecule has 1 aromatic rings. The molecule has 0 unspecified atom stereocenters. The molecular formula is C15H21NO4. The quantitative estimate of drug-likeness (QED) is 0.790. The normalized spacial score (nSPS) is 17.1. The van der Waals surface area contributed by atoms with Crippen molar-refractivity contribution in [2.45, 2.75) is 25.4 Å². The van der Waals surface area contributed by atoms with Crippen LogP contribution in [0.2, 0.25) is 0 Å². The van der Waals surface area contributed by atoms with E-state index in [9.17, 15) is 9.90 Å². The molecule has 0 bridgehead atoms. The monoisotopic (exact) mass is 279 g/mol. The highest BCUT2D eigenvalue weighted by atomic mass is 16.5. The Kier molecular flexibility index (Phi) is 4.49. The van der Waals surface area contributed by atoms with Crippen LogP contribution in [0.3, 0.4) is 0 Å². The third kappa shape index (κ3) is 3.87. The number of carbonyl (C=O) groups is 1. The van der Waals surface area contributed by atoms with Crippen molar-refractivity contribution in [2.75, 3.05) is 20.3 Å². The van der Waals surface area contributed by atoms with Crippen molar-refractivity contribution >= 4 is 5.91 Å². The van der Waals surface area contributed by atoms with Gasteiger partial charge in [0.1, 0.15) is 0 Å². The van der Waals surface area contributed by atoms with Crippen LogP contribution < -0.4 is 14.8 Å². The van der Waals surface area contributed by atoms with Crippen LogP contribution in [0.4, 0.5) is 0 Å². The summed E-state index contributed by atoms with van der Waals surface area (Å²) in [7, 11) is 1.55. The first kappa shape index (κ1) is 14.7. The predicted molar refractivity (Wildman–Crippen MR) is 74.8 cm³/mol. The van der Waals surface area contributed by atoms with Gasteiger partial charge in [-0.15, -0.1) is 0 Å². The van der Waals surface area contributed by atoms with Crippen LogP contribution in [0, 0.1) is 5.92 Å². The molecule has 2 rings (SSSR count). The van der Waals surface area contributed by atoms with Crippen LogP contribution in [0.1, 0.15) is 19.8 Å². The topological polar surface area (TPSA) is 67.8 Å². The van der Waals surface area contributed by atoms with Crippen LogP contribution in [0.15, 0.2) is 24.3 Å². The average Bonchev–Trinajstić information content (AvgIpc) is 3.28. The number of benzene rings is 1. The molecule has 1 aliphatic carbocycles. The number of nitrogens with one attached hydrogen (secondary N) is 1. The summed E-state index contributed by atoms with van der Waals surface area (Å²) in [4.78, 5) is 11.7. The molecule has 0 spiro atoms. The fourth-order valence-electron chi connectivity index (χ4n) is 2.06. The summed E-state index contributed by atoms with van der Waals surface area (Å²) in [6.07, 6.45) is 2.06. The van der Waals surface area contributed by atoms with Gasteiger partial charge in [0.2, 0.25) is 0 Å². The van der Waals surface area contributed by atoms with Gasteiger partial charge >= 0.3 is 0 Å². The number of carbonyl (C=O) groups excluding carboxylic acids is 1. The number of rotatable bonds is 7. The molecule has 0 radical (unpaired) electrons. The van der Waals surface area contributed by atoms with E-state index in [-0.39, 0.29) is 19.1 Å². The maximum Gasteiger partial charge on any atom is 0.258 e. The number of methoxy groups -OCH3 is 1. The molecule has 1 amide bonds. The molecule has 0 aliphatic heterocycles. The molecule has 0 saturated heterocycles. The Labute approximate surface area is 118 Å². The van der Waals surface area contributed by atoms with Gasteiger partial charge in [0, 0.05) is 6.54 Å². The fraction of sp³-hybridized carbons (Fsp3) is 0.533. The van der Waals surface area contributed by atoms with E-state index in [4.69, 9.17) is 9.47 Å². The first-order valence-electron chi connectivity index (χ1n) is 6.78. The van der Waals surface area contributed by atoms with E-state index in [1.54, 1.807) is 26.2 Å². The first-order chi connectivity index (χ1) is 9.53. The number of hydrogen-bond donors (Lipinski definition) is 2. The second kappa shape index (κ2) is 6.13. The molecule has 1 aromatic carbocycles. The second-order valence-corrected chi connectivity index (χ2v) is 5.35. The number of ether oxygens (including phenoxy) is 2. The first-order valence-corrected chi connectivity index (χ1v) is 6.78. The van der Waals surface area contributed by atoms with E-state index < -0.39 is 5.60 Å². The Morgan fingerprint density at radius 3 is 2.65 bits per heavy atom. The zero-order valence-electron chi connectivity index (χ0n) is 11.9. The highest BCUT2D eigenvalue weighted by Gasteiger charge is 2.39. The van der Waals surface area contributed by atoms with Crippen molar-refractivity contribution < 1.29 is 19.4 Å². The largest absolute Gasteiger partial charge is 0.493 e. The van der Waals surface area contributed by atoms with E-state index >= 15 is 0 Å². The van der Waals surface area contributed by atoms with Crippen LogP contribution >= 0.6 is 0 Å². The molecule has 2 N–H and O–H groups in total. The van der Waals surface area contributed by atoms with Gasteiger partial charge in [-0.2, -0.15) is 0 Å². The predicted octanol–water partition coefficient (Wildman–Crippen LogP) is 1.35. The Morgan fingerprint density at radius 1 is 1.40 bits per heavy atom. The van der Waals surface area contributed by atoms with Crippen LogP contribution in [0.25, 0.3) is 0 Å². The highest BCUT2D eigenvalue weighted by Crippen LogP contribution is 2.38. The van der Waals surface area contributed by atoms with Crippen LogP contribution in [0.5, 0.6) is 11.5 Å². The van der Waals surface area contributed by atoms with Crippen molar-refractivity contribution in [1.29, 1.82) is 0 Å². The van der Waals surface area contributed by atoms with Gasteiger partial charge in [-0.05, 0) is 37.8 Å². The highest BCUT2D eigenvalue weighted by molar-refractivity contribution is 5.77. The Morgan fingerprint density at radius 2 is 2.05 bits per heavy atom. The Hall–Kier alpha value is -1.75. The Bertz CT molecular complexity index is 469. The number of amides is 1. The third-order valence-corrected chi connectivity index (χ3v) is 3.53. The molecule has 0 aromatic heterocycles. The molecule has 1 atom stereocenters. The molecule has 1 aliphatic rings. The molecule has 0 heterocycles. The SMILES string of the molecule is COc1ccccc1OCC(=O)NC[C@](C)(O)C1CC1. The third-order valence-electron chi connectivity index (χ3n) is 3.53. The second-order valence-electron chi connectivity index (χ2n) is 5.35. The summed E-state index contributed by atoms with van der Waals surface area (Å²) < 4.78 is 10.5. The van der Waals surface area contributed by atoms with E-state index in [1.165, 1.54) is 0 Å².